The van der Waals surface area contributed by atoms with Gasteiger partial charge in [-0.3, -0.25) is 4.99 Å². The second kappa shape index (κ2) is 3.41. The highest BCUT2D eigenvalue weighted by atomic mass is 16.5. The molecule has 0 aromatic heterocycles. The minimum Gasteiger partial charge on any atom is -0.376 e. The van der Waals surface area contributed by atoms with E-state index in [-0.39, 0.29) is 12.1 Å². The maximum Gasteiger partial charge on any atom is 0.185 e. The van der Waals surface area contributed by atoms with Crippen molar-refractivity contribution in [2.45, 2.75) is 18.9 Å². The van der Waals surface area contributed by atoms with Crippen molar-refractivity contribution in [3.63, 3.8) is 0 Å². The molecule has 0 saturated carbocycles. The van der Waals surface area contributed by atoms with Gasteiger partial charge in [0.2, 0.25) is 0 Å². The molecule has 4 nitrogen and oxygen atoms in total. The van der Waals surface area contributed by atoms with Gasteiger partial charge in [0.15, 0.2) is 5.96 Å². The highest BCUT2D eigenvalue weighted by Crippen LogP contribution is 2.11. The first-order valence-corrected chi connectivity index (χ1v) is 3.46. The van der Waals surface area contributed by atoms with Gasteiger partial charge in [-0.1, -0.05) is 0 Å². The van der Waals surface area contributed by atoms with Crippen LogP contribution in [-0.4, -0.2) is 25.2 Å². The molecule has 1 atom stereocenters. The lowest BCUT2D eigenvalue weighted by Gasteiger charge is -2.03. The Morgan fingerprint density at radius 3 is 2.90 bits per heavy atom. The fourth-order valence-electron chi connectivity index (χ4n) is 0.996. The molecule has 4 N–H and O–H groups in total. The molecule has 4 heteroatoms. The zero-order valence-electron chi connectivity index (χ0n) is 5.92. The molecule has 0 spiro atoms. The van der Waals surface area contributed by atoms with E-state index in [0.29, 0.717) is 6.54 Å². The molecule has 1 saturated heterocycles. The monoisotopic (exact) mass is 143 g/mol. The summed E-state index contributed by atoms with van der Waals surface area (Å²) in [5, 5.41) is 0. The number of nitrogens with two attached hydrogens (primary N) is 2. The van der Waals surface area contributed by atoms with E-state index in [4.69, 9.17) is 16.2 Å². The molecule has 1 aliphatic heterocycles. The third kappa shape index (κ3) is 2.23. The predicted octanol–water partition coefficient (Wildman–Crippen LogP) is -0.561. The van der Waals surface area contributed by atoms with Crippen LogP contribution in [0.3, 0.4) is 0 Å². The summed E-state index contributed by atoms with van der Waals surface area (Å²) in [6.07, 6.45) is 2.46. The van der Waals surface area contributed by atoms with Gasteiger partial charge in [0.25, 0.3) is 0 Å². The van der Waals surface area contributed by atoms with Gasteiger partial charge in [0.1, 0.15) is 0 Å². The highest BCUT2D eigenvalue weighted by Gasteiger charge is 2.13. The lowest BCUT2D eigenvalue weighted by atomic mass is 10.2. The van der Waals surface area contributed by atoms with Crippen molar-refractivity contribution in [1.29, 1.82) is 0 Å². The number of hydrogen-bond donors (Lipinski definition) is 2. The molecule has 0 aromatic rings. The van der Waals surface area contributed by atoms with Gasteiger partial charge in [-0.25, -0.2) is 0 Å². The summed E-state index contributed by atoms with van der Waals surface area (Å²) in [7, 11) is 0. The van der Waals surface area contributed by atoms with Gasteiger partial charge in [-0.05, 0) is 12.8 Å². The second-order valence-electron chi connectivity index (χ2n) is 2.40. The summed E-state index contributed by atoms with van der Waals surface area (Å²) < 4.78 is 5.29. The van der Waals surface area contributed by atoms with Crippen molar-refractivity contribution >= 4 is 5.96 Å². The third-order valence-corrected chi connectivity index (χ3v) is 1.50. The van der Waals surface area contributed by atoms with Crippen LogP contribution in [0.5, 0.6) is 0 Å². The first-order chi connectivity index (χ1) is 4.79. The van der Waals surface area contributed by atoms with Crippen LogP contribution >= 0.6 is 0 Å². The lowest BCUT2D eigenvalue weighted by molar-refractivity contribution is 0.118. The van der Waals surface area contributed by atoms with E-state index in [1.807, 2.05) is 0 Å². The third-order valence-electron chi connectivity index (χ3n) is 1.50. The van der Waals surface area contributed by atoms with Crippen LogP contribution in [0.4, 0.5) is 0 Å². The molecule has 0 radical (unpaired) electrons. The summed E-state index contributed by atoms with van der Waals surface area (Å²) in [6, 6.07) is 0. The standard InChI is InChI=1S/C6H13N3O/c7-6(8)9-4-5-2-1-3-10-5/h5H,1-4H2,(H4,7,8,9)/t5-/m1/s1. The van der Waals surface area contributed by atoms with Gasteiger partial charge in [0.05, 0.1) is 12.6 Å². The minimum absolute atomic E-state index is 0.149. The number of rotatable bonds is 2. The van der Waals surface area contributed by atoms with E-state index in [1.54, 1.807) is 0 Å². The molecule has 0 aliphatic carbocycles. The van der Waals surface area contributed by atoms with E-state index < -0.39 is 0 Å². The Morgan fingerprint density at radius 2 is 2.40 bits per heavy atom. The summed E-state index contributed by atoms with van der Waals surface area (Å²) in [5.74, 6) is 0.149. The molecule has 0 aromatic carbocycles. The Labute approximate surface area is 60.2 Å². The molecule has 1 aliphatic rings. The van der Waals surface area contributed by atoms with E-state index in [0.717, 1.165) is 19.4 Å². The van der Waals surface area contributed by atoms with Gasteiger partial charge in [-0.15, -0.1) is 0 Å². The van der Waals surface area contributed by atoms with Gasteiger partial charge < -0.3 is 16.2 Å². The van der Waals surface area contributed by atoms with Crippen molar-refractivity contribution in [1.82, 2.24) is 0 Å². The van der Waals surface area contributed by atoms with Crippen LogP contribution in [-0.2, 0) is 4.74 Å². The molecule has 1 heterocycles. The van der Waals surface area contributed by atoms with E-state index in [2.05, 4.69) is 4.99 Å². The average molecular weight is 143 g/mol. The van der Waals surface area contributed by atoms with Crippen LogP contribution < -0.4 is 11.5 Å². The normalized spacial score (nSPS) is 24.6. The summed E-state index contributed by atoms with van der Waals surface area (Å²) >= 11 is 0. The Bertz CT molecular complexity index is 125. The Morgan fingerprint density at radius 1 is 1.60 bits per heavy atom. The Hall–Kier alpha value is -0.770. The second-order valence-corrected chi connectivity index (χ2v) is 2.40. The highest BCUT2D eigenvalue weighted by molar-refractivity contribution is 5.75. The largest absolute Gasteiger partial charge is 0.376 e. The molecule has 0 bridgehead atoms. The molecule has 0 amide bonds. The van der Waals surface area contributed by atoms with Crippen molar-refractivity contribution in [2.75, 3.05) is 13.2 Å². The maximum atomic E-state index is 5.29. The molecule has 0 unspecified atom stereocenters. The van der Waals surface area contributed by atoms with Crippen molar-refractivity contribution < 1.29 is 4.74 Å². The van der Waals surface area contributed by atoms with Gasteiger partial charge >= 0.3 is 0 Å². The maximum absolute atomic E-state index is 5.29. The smallest absolute Gasteiger partial charge is 0.185 e. The van der Waals surface area contributed by atoms with Gasteiger partial charge in [0, 0.05) is 6.61 Å². The molecule has 10 heavy (non-hydrogen) atoms. The average Bonchev–Trinajstić information content (AvgIpc) is 2.34. The zero-order valence-corrected chi connectivity index (χ0v) is 5.92. The number of guanidine groups is 1. The topological polar surface area (TPSA) is 73.6 Å². The molecule has 1 rings (SSSR count). The fourth-order valence-corrected chi connectivity index (χ4v) is 0.996. The van der Waals surface area contributed by atoms with Crippen LogP contribution in [0, 0.1) is 0 Å². The summed E-state index contributed by atoms with van der Waals surface area (Å²) in [4.78, 5) is 3.85. The molecule has 1 fully saturated rings. The Balaban J connectivity index is 2.18. The predicted molar refractivity (Wildman–Crippen MR) is 39.7 cm³/mol. The van der Waals surface area contributed by atoms with Crippen molar-refractivity contribution in [2.24, 2.45) is 16.5 Å². The van der Waals surface area contributed by atoms with E-state index in [9.17, 15) is 0 Å². The number of nitrogens with zero attached hydrogens (tertiary/aromatic N) is 1. The van der Waals surface area contributed by atoms with Gasteiger partial charge in [-0.2, -0.15) is 0 Å². The van der Waals surface area contributed by atoms with Crippen LogP contribution in [0.2, 0.25) is 0 Å². The summed E-state index contributed by atoms with van der Waals surface area (Å²) in [5.41, 5.74) is 10.3. The van der Waals surface area contributed by atoms with Crippen molar-refractivity contribution in [3.8, 4) is 0 Å². The SMILES string of the molecule is NC(N)=NC[C@H]1CCCO1. The fraction of sp³-hybridized carbons (Fsp3) is 0.833. The van der Waals surface area contributed by atoms with Crippen molar-refractivity contribution in [3.05, 3.63) is 0 Å². The Kier molecular flexibility index (Phi) is 2.50. The first-order valence-electron chi connectivity index (χ1n) is 3.46. The molecular weight excluding hydrogens is 130 g/mol. The zero-order chi connectivity index (χ0) is 7.40. The quantitative estimate of drug-likeness (QED) is 0.402. The lowest BCUT2D eigenvalue weighted by Crippen LogP contribution is -2.24. The number of ether oxygens (including phenoxy) is 1. The first kappa shape index (κ1) is 7.34. The van der Waals surface area contributed by atoms with E-state index >= 15 is 0 Å². The minimum atomic E-state index is 0.149. The van der Waals surface area contributed by atoms with Crippen LogP contribution in [0.25, 0.3) is 0 Å². The number of aliphatic imine (C=N–C) groups is 1. The van der Waals surface area contributed by atoms with Crippen LogP contribution in [0.15, 0.2) is 4.99 Å². The summed E-state index contributed by atoms with van der Waals surface area (Å²) in [6.45, 7) is 1.47. The number of hydrogen-bond acceptors (Lipinski definition) is 2. The van der Waals surface area contributed by atoms with Crippen LogP contribution in [0.1, 0.15) is 12.8 Å². The molecular formula is C6H13N3O. The molecule has 58 valence electrons. The van der Waals surface area contributed by atoms with E-state index in [1.165, 1.54) is 0 Å².